The third kappa shape index (κ3) is 28.8. The Hall–Kier alpha value is -5.25. The highest BCUT2D eigenvalue weighted by Gasteiger charge is 2.50. The molecule has 0 aromatic heterocycles. The van der Waals surface area contributed by atoms with E-state index in [0.29, 0.717) is 26.2 Å². The van der Waals surface area contributed by atoms with Crippen LogP contribution in [0, 0.1) is 5.92 Å². The number of hydrogen-bond donors (Lipinski definition) is 0. The van der Waals surface area contributed by atoms with Gasteiger partial charge in [0, 0.05) is 24.1 Å². The monoisotopic (exact) mass is 1320 g/mol. The average Bonchev–Trinajstić information content (AvgIpc) is 0.925. The first-order valence-corrected chi connectivity index (χ1v) is 36.0. The van der Waals surface area contributed by atoms with Gasteiger partial charge in [-0.05, 0) is 76.9 Å². The Kier molecular flexibility index (Phi) is 37.1. The van der Waals surface area contributed by atoms with Crippen LogP contribution < -0.4 is 9.47 Å². The van der Waals surface area contributed by atoms with Crippen LogP contribution in [-0.2, 0) is 82.3 Å². The molecule has 1 aliphatic heterocycles. The molecule has 0 N–H and O–H groups in total. The molecule has 502 valence electrons. The molecule has 0 bridgehead atoms. The third-order valence-electron chi connectivity index (χ3n) is 17.5. The van der Waals surface area contributed by atoms with Crippen LogP contribution in [0.5, 0.6) is 11.5 Å². The Bertz CT molecular complexity index is 2760. The number of halogens is 1. The zero-order valence-electron chi connectivity index (χ0n) is 55.8. The fourth-order valence-electron chi connectivity index (χ4n) is 12.2. The van der Waals surface area contributed by atoms with Crippen molar-refractivity contribution in [2.45, 2.75) is 237 Å². The predicted molar refractivity (Wildman–Crippen MR) is 373 cm³/mol. The van der Waals surface area contributed by atoms with Crippen molar-refractivity contribution in [2.24, 2.45) is 5.92 Å². The Morgan fingerprint density at radius 2 is 0.848 bits per heavy atom. The zero-order chi connectivity index (χ0) is 64.3. The zero-order valence-corrected chi connectivity index (χ0v) is 57.4. The highest BCUT2D eigenvalue weighted by molar-refractivity contribution is 9.09. The van der Waals surface area contributed by atoms with Crippen LogP contribution in [0.4, 0.5) is 0 Å². The molecule has 0 spiro atoms. The van der Waals surface area contributed by atoms with Crippen molar-refractivity contribution >= 4 is 21.7 Å². The Morgan fingerprint density at radius 1 is 0.435 bits per heavy atom. The summed E-state index contributed by atoms with van der Waals surface area (Å²) in [4.78, 5) is 14.9. The van der Waals surface area contributed by atoms with E-state index in [2.05, 4.69) is 83.5 Å². The third-order valence-corrected chi connectivity index (χ3v) is 18.1. The van der Waals surface area contributed by atoms with Crippen LogP contribution in [0.25, 0.3) is 0 Å². The quantitative estimate of drug-likeness (QED) is 0.0269. The van der Waals surface area contributed by atoms with E-state index in [1.807, 2.05) is 109 Å². The lowest BCUT2D eigenvalue weighted by Crippen LogP contribution is -2.62. The number of methoxy groups -OCH3 is 2. The van der Waals surface area contributed by atoms with Gasteiger partial charge in [0.05, 0.1) is 79.3 Å². The number of ether oxygens (including phenoxy) is 10. The molecule has 0 aliphatic carbocycles. The van der Waals surface area contributed by atoms with Crippen LogP contribution in [0.15, 0.2) is 170 Å². The van der Waals surface area contributed by atoms with Crippen LogP contribution in [-0.4, -0.2) is 81.5 Å². The molecule has 1 aliphatic rings. The molecule has 1 unspecified atom stereocenters. The molecule has 1 heterocycles. The number of carbonyl (C=O) groups is 1. The number of hydrogen-bond acceptors (Lipinski definition) is 11. The lowest BCUT2D eigenvalue weighted by atomic mass is 9.89. The van der Waals surface area contributed by atoms with E-state index in [0.717, 1.165) is 95.2 Å². The molecule has 7 rings (SSSR count). The van der Waals surface area contributed by atoms with Crippen LogP contribution in [0.1, 0.15) is 188 Å². The maximum Gasteiger partial charge on any atom is 0.186 e. The molecule has 1 fully saturated rings. The first-order valence-electron chi connectivity index (χ1n) is 34.8. The summed E-state index contributed by atoms with van der Waals surface area (Å²) in [5, 5.41) is 1.05. The topological polar surface area (TPSA) is 109 Å². The lowest BCUT2D eigenvalue weighted by molar-refractivity contribution is -0.331. The van der Waals surface area contributed by atoms with E-state index < -0.39 is 48.8 Å². The van der Waals surface area contributed by atoms with Gasteiger partial charge in [-0.3, -0.25) is 4.79 Å². The summed E-state index contributed by atoms with van der Waals surface area (Å²) in [6.45, 7) is 4.41. The molecule has 12 heteroatoms. The number of carbonyl (C=O) groups excluding carboxylic acids is 1. The Morgan fingerprint density at radius 3 is 1.33 bits per heavy atom. The number of Topliss-reactive ketones (excluding diaryl/α,β-unsaturated/α-hetero) is 1. The molecule has 8 atom stereocenters. The minimum absolute atomic E-state index is 0.0999. The maximum atomic E-state index is 14.9. The van der Waals surface area contributed by atoms with Crippen molar-refractivity contribution in [2.75, 3.05) is 32.8 Å². The number of rotatable bonds is 51. The van der Waals surface area contributed by atoms with Gasteiger partial charge in [-0.25, -0.2) is 0 Å². The molecule has 6 aromatic rings. The first kappa shape index (κ1) is 74.1. The van der Waals surface area contributed by atoms with E-state index in [9.17, 15) is 4.79 Å². The van der Waals surface area contributed by atoms with Gasteiger partial charge < -0.3 is 47.4 Å². The van der Waals surface area contributed by atoms with Gasteiger partial charge in [0.15, 0.2) is 6.29 Å². The average molecular weight is 1330 g/mol. The van der Waals surface area contributed by atoms with Crippen LogP contribution in [0.3, 0.4) is 0 Å². The highest BCUT2D eigenvalue weighted by atomic mass is 79.9. The Labute approximate surface area is 561 Å². The predicted octanol–water partition coefficient (Wildman–Crippen LogP) is 19.5. The van der Waals surface area contributed by atoms with Crippen molar-refractivity contribution in [1.29, 1.82) is 0 Å². The molecule has 1 saturated heterocycles. The molecular formula is C80H109BrO11. The van der Waals surface area contributed by atoms with Crippen molar-refractivity contribution in [3.8, 4) is 11.5 Å². The summed E-state index contributed by atoms with van der Waals surface area (Å²) in [6.07, 6.45) is 20.6. The minimum atomic E-state index is -0.995. The second-order valence-corrected chi connectivity index (χ2v) is 25.7. The van der Waals surface area contributed by atoms with Gasteiger partial charge in [0.2, 0.25) is 0 Å². The molecule has 0 saturated carbocycles. The van der Waals surface area contributed by atoms with Crippen molar-refractivity contribution in [3.63, 3.8) is 0 Å². The van der Waals surface area contributed by atoms with E-state index >= 15 is 0 Å². The fourth-order valence-corrected chi connectivity index (χ4v) is 12.6. The van der Waals surface area contributed by atoms with Crippen LogP contribution >= 0.6 is 15.9 Å². The largest absolute Gasteiger partial charge is 0.497 e. The van der Waals surface area contributed by atoms with E-state index in [-0.39, 0.29) is 45.2 Å². The van der Waals surface area contributed by atoms with Crippen molar-refractivity contribution in [3.05, 3.63) is 203 Å². The summed E-state index contributed by atoms with van der Waals surface area (Å²) in [5.74, 6) is 1.27. The summed E-state index contributed by atoms with van der Waals surface area (Å²) >= 11 is 3.58. The van der Waals surface area contributed by atoms with Crippen molar-refractivity contribution < 1.29 is 52.2 Å². The van der Waals surface area contributed by atoms with Crippen LogP contribution in [0.2, 0.25) is 0 Å². The summed E-state index contributed by atoms with van der Waals surface area (Å²) < 4.78 is 68.4. The summed E-state index contributed by atoms with van der Waals surface area (Å²) in [6, 6.07) is 56.8. The van der Waals surface area contributed by atoms with Gasteiger partial charge in [-0.15, -0.1) is 0 Å². The SMILES string of the molecule is CCCCCCCCCCCCCC[C@@H](OCc1ccc(OC)cc1)[C@@H](OCc1ccc(OC)cc1)[C@H](CO[C@H]1OC(COCc2ccccc2)[C@H](OCc2ccccc2)[C@H](OCc2ccccc2)[C@H]1OCc1ccccc1)CC(=O)CCCCCCCCCCBr. The smallest absolute Gasteiger partial charge is 0.186 e. The number of ketones is 1. The first-order chi connectivity index (χ1) is 45.4. The van der Waals surface area contributed by atoms with Crippen molar-refractivity contribution in [1.82, 2.24) is 0 Å². The molecule has 92 heavy (non-hydrogen) atoms. The molecular weight excluding hydrogens is 1220 g/mol. The molecule has 0 amide bonds. The number of unbranched alkanes of at least 4 members (excludes halogenated alkanes) is 18. The number of benzene rings is 6. The van der Waals surface area contributed by atoms with E-state index in [1.54, 1.807) is 14.2 Å². The second kappa shape index (κ2) is 46.0. The number of alkyl halides is 1. The molecule has 0 radical (unpaired) electrons. The summed E-state index contributed by atoms with van der Waals surface area (Å²) in [7, 11) is 3.37. The van der Waals surface area contributed by atoms with Gasteiger partial charge >= 0.3 is 0 Å². The summed E-state index contributed by atoms with van der Waals surface area (Å²) in [5.41, 5.74) is 6.05. The molecule has 6 aromatic carbocycles. The highest BCUT2D eigenvalue weighted by Crippen LogP contribution is 2.35. The molecule has 11 nitrogen and oxygen atoms in total. The van der Waals surface area contributed by atoms with E-state index in [4.69, 9.17) is 47.4 Å². The van der Waals surface area contributed by atoms with Gasteiger partial charge in [-0.1, -0.05) is 284 Å². The standard InChI is InChI=1S/C80H109BrO11/c1-4-5-6-7-8-9-10-11-12-16-19-34-45-74(86-57-68-46-50-72(83-2)51-47-68)76(87-61-69-48-52-73(84-3)53-49-69)70(55-71(82)44-33-18-15-13-14-17-20-35-54-81)62-91-80-79(90-60-67-42-31-24-32-43-67)78(89-59-66-40-29-23-30-41-66)77(88-58-65-38-27-22-28-39-65)75(92-80)63-85-56-64-36-25-21-26-37-64/h21-32,36-43,46-53,70,74-80H,4-20,33-35,44-45,54-63H2,1-3H3/t70-,74+,75?,76-,77-,78-,79+,80-/m0/s1. The maximum absolute atomic E-state index is 14.9. The second-order valence-electron chi connectivity index (χ2n) is 24.9. The van der Waals surface area contributed by atoms with Gasteiger partial charge in [-0.2, -0.15) is 0 Å². The van der Waals surface area contributed by atoms with Gasteiger partial charge in [0.1, 0.15) is 41.7 Å². The minimum Gasteiger partial charge on any atom is -0.497 e. The van der Waals surface area contributed by atoms with E-state index in [1.165, 1.54) is 89.9 Å². The lowest BCUT2D eigenvalue weighted by Gasteiger charge is -2.46. The Balaban J connectivity index is 1.24. The normalized spacial score (nSPS) is 17.5. The fraction of sp³-hybridized carbons (Fsp3) is 0.537. The van der Waals surface area contributed by atoms with Gasteiger partial charge in [0.25, 0.3) is 0 Å².